The lowest BCUT2D eigenvalue weighted by molar-refractivity contribution is 0.317. The Labute approximate surface area is 96.4 Å². The van der Waals surface area contributed by atoms with Crippen LogP contribution in [0.25, 0.3) is 0 Å². The first kappa shape index (κ1) is 12.8. The first-order valence-corrected chi connectivity index (χ1v) is 5.63. The minimum absolute atomic E-state index is 0.188. The summed E-state index contributed by atoms with van der Waals surface area (Å²) in [6.07, 6.45) is 0.969. The number of phenolic OH excluding ortho intramolecular Hbond substituents is 1. The lowest BCUT2D eigenvalue weighted by Gasteiger charge is -2.09. The molecule has 0 radical (unpaired) electrons. The van der Waals surface area contributed by atoms with Gasteiger partial charge < -0.3 is 20.9 Å². The van der Waals surface area contributed by atoms with Crippen LogP contribution in [-0.2, 0) is 6.54 Å². The van der Waals surface area contributed by atoms with Crippen molar-refractivity contribution < 1.29 is 9.84 Å². The lowest BCUT2D eigenvalue weighted by atomic mass is 10.2. The smallest absolute Gasteiger partial charge is 0.161 e. The van der Waals surface area contributed by atoms with E-state index in [0.717, 1.165) is 25.1 Å². The largest absolute Gasteiger partial charge is 0.504 e. The average molecular weight is 224 g/mol. The molecule has 0 heterocycles. The number of nitrogens with one attached hydrogen (secondary N) is 1. The van der Waals surface area contributed by atoms with Crippen molar-refractivity contribution in [2.75, 3.05) is 19.7 Å². The SMILES string of the molecule is CCOc1cc(CNCCCN)ccc1O. The number of ether oxygens (including phenoxy) is 1. The van der Waals surface area contributed by atoms with Crippen molar-refractivity contribution in [3.63, 3.8) is 0 Å². The van der Waals surface area contributed by atoms with E-state index in [-0.39, 0.29) is 5.75 Å². The van der Waals surface area contributed by atoms with Crippen molar-refractivity contribution >= 4 is 0 Å². The Morgan fingerprint density at radius 2 is 2.25 bits per heavy atom. The van der Waals surface area contributed by atoms with Crippen molar-refractivity contribution in [3.05, 3.63) is 23.8 Å². The number of hydrogen-bond acceptors (Lipinski definition) is 4. The Kier molecular flexibility index (Phi) is 5.67. The molecule has 0 aliphatic carbocycles. The molecule has 4 heteroatoms. The standard InChI is InChI=1S/C12H20N2O2/c1-2-16-12-8-10(4-5-11(12)15)9-14-7-3-6-13/h4-5,8,14-15H,2-3,6-7,9,13H2,1H3. The number of hydrogen-bond donors (Lipinski definition) is 3. The topological polar surface area (TPSA) is 67.5 Å². The van der Waals surface area contributed by atoms with Crippen LogP contribution in [0, 0.1) is 0 Å². The Bertz CT molecular complexity index is 316. The fourth-order valence-electron chi connectivity index (χ4n) is 1.40. The third kappa shape index (κ3) is 4.08. The fraction of sp³-hybridized carbons (Fsp3) is 0.500. The summed E-state index contributed by atoms with van der Waals surface area (Å²) in [6.45, 7) is 4.82. The molecule has 1 rings (SSSR count). The molecule has 0 aliphatic heterocycles. The Balaban J connectivity index is 2.50. The van der Waals surface area contributed by atoms with Gasteiger partial charge in [0.25, 0.3) is 0 Å². The predicted molar refractivity (Wildman–Crippen MR) is 64.7 cm³/mol. The molecular weight excluding hydrogens is 204 g/mol. The molecule has 0 bridgehead atoms. The highest BCUT2D eigenvalue weighted by Gasteiger charge is 2.02. The zero-order valence-corrected chi connectivity index (χ0v) is 9.70. The van der Waals surface area contributed by atoms with E-state index in [4.69, 9.17) is 10.5 Å². The second-order valence-electron chi connectivity index (χ2n) is 3.55. The molecule has 0 saturated carbocycles. The van der Waals surface area contributed by atoms with E-state index >= 15 is 0 Å². The van der Waals surface area contributed by atoms with Crippen LogP contribution in [0.1, 0.15) is 18.9 Å². The van der Waals surface area contributed by atoms with Gasteiger partial charge in [0.2, 0.25) is 0 Å². The molecule has 90 valence electrons. The molecule has 4 N–H and O–H groups in total. The number of nitrogens with two attached hydrogens (primary N) is 1. The van der Waals surface area contributed by atoms with Gasteiger partial charge in [0.05, 0.1) is 6.61 Å². The highest BCUT2D eigenvalue weighted by molar-refractivity contribution is 5.41. The van der Waals surface area contributed by atoms with Gasteiger partial charge >= 0.3 is 0 Å². The van der Waals surface area contributed by atoms with Gasteiger partial charge in [-0.1, -0.05) is 6.07 Å². The summed E-state index contributed by atoms with van der Waals surface area (Å²) in [4.78, 5) is 0. The van der Waals surface area contributed by atoms with Crippen LogP contribution >= 0.6 is 0 Å². The summed E-state index contributed by atoms with van der Waals surface area (Å²) in [5.74, 6) is 0.730. The summed E-state index contributed by atoms with van der Waals surface area (Å²) >= 11 is 0. The van der Waals surface area contributed by atoms with Gasteiger partial charge in [0.1, 0.15) is 0 Å². The van der Waals surface area contributed by atoms with Gasteiger partial charge in [-0.15, -0.1) is 0 Å². The molecule has 0 saturated heterocycles. The van der Waals surface area contributed by atoms with E-state index in [9.17, 15) is 5.11 Å². The van der Waals surface area contributed by atoms with Gasteiger partial charge in [-0.3, -0.25) is 0 Å². The summed E-state index contributed by atoms with van der Waals surface area (Å²) in [7, 11) is 0. The third-order valence-corrected chi connectivity index (χ3v) is 2.21. The number of rotatable bonds is 7. The molecule has 16 heavy (non-hydrogen) atoms. The number of benzene rings is 1. The molecule has 0 amide bonds. The van der Waals surface area contributed by atoms with Gasteiger partial charge in [0, 0.05) is 6.54 Å². The molecule has 1 aromatic carbocycles. The maximum atomic E-state index is 9.51. The van der Waals surface area contributed by atoms with Gasteiger partial charge in [-0.2, -0.15) is 0 Å². The quantitative estimate of drug-likeness (QED) is 0.609. The van der Waals surface area contributed by atoms with E-state index in [1.165, 1.54) is 0 Å². The van der Waals surface area contributed by atoms with Crippen LogP contribution in [0.2, 0.25) is 0 Å². The van der Waals surface area contributed by atoms with Crippen molar-refractivity contribution in [1.29, 1.82) is 0 Å². The van der Waals surface area contributed by atoms with Crippen LogP contribution in [0.15, 0.2) is 18.2 Å². The van der Waals surface area contributed by atoms with E-state index in [1.807, 2.05) is 19.1 Å². The predicted octanol–water partition coefficient (Wildman–Crippen LogP) is 1.23. The minimum atomic E-state index is 0.188. The van der Waals surface area contributed by atoms with Gasteiger partial charge in [-0.05, 0) is 44.1 Å². The first-order valence-electron chi connectivity index (χ1n) is 5.63. The third-order valence-electron chi connectivity index (χ3n) is 2.21. The van der Waals surface area contributed by atoms with E-state index in [2.05, 4.69) is 5.32 Å². The minimum Gasteiger partial charge on any atom is -0.504 e. The molecule has 0 aliphatic rings. The maximum absolute atomic E-state index is 9.51. The van der Waals surface area contributed by atoms with Crippen molar-refractivity contribution in [1.82, 2.24) is 5.32 Å². The normalized spacial score (nSPS) is 10.4. The summed E-state index contributed by atoms with van der Waals surface area (Å²) in [6, 6.07) is 5.40. The van der Waals surface area contributed by atoms with Crippen LogP contribution < -0.4 is 15.8 Å². The Morgan fingerprint density at radius 3 is 2.94 bits per heavy atom. The fourth-order valence-corrected chi connectivity index (χ4v) is 1.40. The lowest BCUT2D eigenvalue weighted by Crippen LogP contribution is -2.17. The van der Waals surface area contributed by atoms with E-state index in [0.29, 0.717) is 18.9 Å². The molecule has 0 unspecified atom stereocenters. The molecule has 0 aromatic heterocycles. The van der Waals surface area contributed by atoms with Crippen molar-refractivity contribution in [2.45, 2.75) is 19.9 Å². The average Bonchev–Trinajstić information content (AvgIpc) is 2.29. The Morgan fingerprint density at radius 1 is 1.44 bits per heavy atom. The van der Waals surface area contributed by atoms with Crippen LogP contribution in [0.3, 0.4) is 0 Å². The maximum Gasteiger partial charge on any atom is 0.161 e. The molecule has 0 atom stereocenters. The highest BCUT2D eigenvalue weighted by Crippen LogP contribution is 2.26. The zero-order valence-electron chi connectivity index (χ0n) is 9.70. The molecular formula is C12H20N2O2. The van der Waals surface area contributed by atoms with Gasteiger partial charge in [0.15, 0.2) is 11.5 Å². The van der Waals surface area contributed by atoms with Crippen molar-refractivity contribution in [3.8, 4) is 11.5 Å². The monoisotopic (exact) mass is 224 g/mol. The highest BCUT2D eigenvalue weighted by atomic mass is 16.5. The summed E-state index contributed by atoms with van der Waals surface area (Å²) in [5.41, 5.74) is 6.49. The Hall–Kier alpha value is -1.26. The number of phenols is 1. The second kappa shape index (κ2) is 7.09. The molecule has 0 spiro atoms. The zero-order chi connectivity index (χ0) is 11.8. The second-order valence-corrected chi connectivity index (χ2v) is 3.55. The van der Waals surface area contributed by atoms with E-state index < -0.39 is 0 Å². The van der Waals surface area contributed by atoms with Gasteiger partial charge in [-0.25, -0.2) is 0 Å². The van der Waals surface area contributed by atoms with Crippen molar-refractivity contribution in [2.24, 2.45) is 5.73 Å². The summed E-state index contributed by atoms with van der Waals surface area (Å²) < 4.78 is 5.31. The van der Waals surface area contributed by atoms with Crippen LogP contribution in [0.5, 0.6) is 11.5 Å². The number of aromatic hydroxyl groups is 1. The molecule has 4 nitrogen and oxygen atoms in total. The summed E-state index contributed by atoms with van der Waals surface area (Å²) in [5, 5.41) is 12.8. The van der Waals surface area contributed by atoms with Crippen LogP contribution in [0.4, 0.5) is 0 Å². The van der Waals surface area contributed by atoms with Crippen LogP contribution in [-0.4, -0.2) is 24.8 Å². The van der Waals surface area contributed by atoms with E-state index in [1.54, 1.807) is 6.07 Å². The molecule has 1 aromatic rings. The first-order chi connectivity index (χ1) is 7.77. The molecule has 0 fully saturated rings.